The van der Waals surface area contributed by atoms with Crippen LogP contribution < -0.4 is 5.73 Å². The summed E-state index contributed by atoms with van der Waals surface area (Å²) in [5, 5.41) is 12.6. The van der Waals surface area contributed by atoms with Crippen molar-refractivity contribution in [3.8, 4) is 11.4 Å². The molecule has 3 rings (SSSR count). The van der Waals surface area contributed by atoms with Crippen LogP contribution in [0, 0.1) is 5.92 Å². The summed E-state index contributed by atoms with van der Waals surface area (Å²) in [5.41, 5.74) is 6.99. The van der Waals surface area contributed by atoms with Crippen molar-refractivity contribution in [2.75, 3.05) is 18.9 Å². The molecule has 1 aromatic heterocycles. The molecule has 1 aromatic carbocycles. The van der Waals surface area contributed by atoms with Gasteiger partial charge in [-0.15, -0.1) is 5.10 Å². The van der Waals surface area contributed by atoms with E-state index in [1.54, 1.807) is 16.8 Å². The van der Waals surface area contributed by atoms with Crippen molar-refractivity contribution in [1.82, 2.24) is 20.2 Å². The number of hydrogen-bond donors (Lipinski definition) is 1. The summed E-state index contributed by atoms with van der Waals surface area (Å²) in [6.45, 7) is 2.24. The largest absolute Gasteiger partial charge is 0.399 e. The quantitative estimate of drug-likeness (QED) is 0.876. The van der Waals surface area contributed by atoms with Crippen LogP contribution in [0.15, 0.2) is 12.1 Å². The number of rotatable bonds is 3. The van der Waals surface area contributed by atoms with Crippen LogP contribution in [0.25, 0.3) is 11.4 Å². The van der Waals surface area contributed by atoms with E-state index in [0.29, 0.717) is 39.6 Å². The molecule has 0 amide bonds. The van der Waals surface area contributed by atoms with Crippen molar-refractivity contribution in [3.63, 3.8) is 0 Å². The van der Waals surface area contributed by atoms with Gasteiger partial charge in [-0.3, -0.25) is 0 Å². The lowest BCUT2D eigenvalue weighted by Crippen LogP contribution is -2.23. The molecule has 1 saturated heterocycles. The van der Waals surface area contributed by atoms with E-state index in [9.17, 15) is 0 Å². The van der Waals surface area contributed by atoms with Gasteiger partial charge < -0.3 is 10.5 Å². The smallest absolute Gasteiger partial charge is 0.183 e. The van der Waals surface area contributed by atoms with Gasteiger partial charge in [-0.1, -0.05) is 23.2 Å². The van der Waals surface area contributed by atoms with Crippen LogP contribution in [0.2, 0.25) is 10.0 Å². The van der Waals surface area contributed by atoms with Gasteiger partial charge in [0.05, 0.1) is 23.2 Å². The number of anilines is 1. The third kappa shape index (κ3) is 3.12. The second-order valence-corrected chi connectivity index (χ2v) is 5.92. The van der Waals surface area contributed by atoms with Gasteiger partial charge in [0, 0.05) is 23.8 Å². The molecule has 1 aliphatic heterocycles. The number of tetrazole rings is 1. The molecule has 21 heavy (non-hydrogen) atoms. The minimum absolute atomic E-state index is 0.391. The molecule has 8 heteroatoms. The molecule has 0 aliphatic carbocycles. The van der Waals surface area contributed by atoms with Crippen molar-refractivity contribution in [3.05, 3.63) is 22.2 Å². The molecule has 1 fully saturated rings. The molecule has 1 atom stereocenters. The first-order valence-corrected chi connectivity index (χ1v) is 7.49. The number of aromatic nitrogens is 4. The van der Waals surface area contributed by atoms with Crippen LogP contribution >= 0.6 is 23.2 Å². The number of nitrogens with two attached hydrogens (primary N) is 1. The van der Waals surface area contributed by atoms with Gasteiger partial charge in [0.15, 0.2) is 5.82 Å². The lowest BCUT2D eigenvalue weighted by molar-refractivity contribution is 0.0470. The molecule has 0 bridgehead atoms. The maximum absolute atomic E-state index is 6.25. The molecule has 6 nitrogen and oxygen atoms in total. The summed E-state index contributed by atoms with van der Waals surface area (Å²) in [6, 6.07) is 3.34. The van der Waals surface area contributed by atoms with Crippen LogP contribution in [-0.4, -0.2) is 33.4 Å². The first-order chi connectivity index (χ1) is 10.1. The molecule has 1 unspecified atom stereocenters. The van der Waals surface area contributed by atoms with Crippen LogP contribution in [0.3, 0.4) is 0 Å². The molecule has 1 aliphatic rings. The number of halogens is 2. The fourth-order valence-electron chi connectivity index (χ4n) is 2.49. The Morgan fingerprint density at radius 1 is 1.38 bits per heavy atom. The Kier molecular flexibility index (Phi) is 4.28. The first-order valence-electron chi connectivity index (χ1n) is 6.74. The van der Waals surface area contributed by atoms with E-state index >= 15 is 0 Å². The van der Waals surface area contributed by atoms with E-state index in [2.05, 4.69) is 15.5 Å². The Labute approximate surface area is 132 Å². The van der Waals surface area contributed by atoms with Gasteiger partial charge in [-0.25, -0.2) is 4.68 Å². The van der Waals surface area contributed by atoms with Crippen molar-refractivity contribution in [2.24, 2.45) is 5.92 Å². The van der Waals surface area contributed by atoms with Gasteiger partial charge in [-0.2, -0.15) is 0 Å². The molecular formula is C13H15Cl2N5O. The highest BCUT2D eigenvalue weighted by Gasteiger charge is 2.20. The van der Waals surface area contributed by atoms with Gasteiger partial charge >= 0.3 is 0 Å². The first kappa shape index (κ1) is 14.6. The predicted molar refractivity (Wildman–Crippen MR) is 81.2 cm³/mol. The molecule has 2 aromatic rings. The molecule has 2 heterocycles. The van der Waals surface area contributed by atoms with E-state index in [1.807, 2.05) is 0 Å². The second kappa shape index (κ2) is 6.17. The minimum atomic E-state index is 0.391. The third-order valence-electron chi connectivity index (χ3n) is 3.51. The van der Waals surface area contributed by atoms with Crippen molar-refractivity contribution in [2.45, 2.75) is 19.4 Å². The highest BCUT2D eigenvalue weighted by molar-refractivity contribution is 6.43. The van der Waals surface area contributed by atoms with Crippen molar-refractivity contribution >= 4 is 28.9 Å². The van der Waals surface area contributed by atoms with E-state index in [-0.39, 0.29) is 0 Å². The van der Waals surface area contributed by atoms with Crippen molar-refractivity contribution < 1.29 is 4.74 Å². The Balaban J connectivity index is 1.91. The third-order valence-corrected chi connectivity index (χ3v) is 4.31. The highest BCUT2D eigenvalue weighted by atomic mass is 35.5. The van der Waals surface area contributed by atoms with Gasteiger partial charge in [-0.05, 0) is 35.4 Å². The van der Waals surface area contributed by atoms with Crippen LogP contribution in [-0.2, 0) is 11.3 Å². The molecule has 2 N–H and O–H groups in total. The second-order valence-electron chi connectivity index (χ2n) is 5.13. The summed E-state index contributed by atoms with van der Waals surface area (Å²) >= 11 is 12.3. The highest BCUT2D eigenvalue weighted by Crippen LogP contribution is 2.34. The molecule has 0 spiro atoms. The summed E-state index contributed by atoms with van der Waals surface area (Å²) in [7, 11) is 0. The number of nitrogen functional groups attached to an aromatic ring is 1. The normalized spacial score (nSPS) is 18.9. The summed E-state index contributed by atoms with van der Waals surface area (Å²) in [4.78, 5) is 0. The summed E-state index contributed by atoms with van der Waals surface area (Å²) in [5.74, 6) is 0.969. The van der Waals surface area contributed by atoms with Crippen LogP contribution in [0.5, 0.6) is 0 Å². The van der Waals surface area contributed by atoms with Gasteiger partial charge in [0.25, 0.3) is 0 Å². The number of nitrogens with zero attached hydrogens (tertiary/aromatic N) is 4. The lowest BCUT2D eigenvalue weighted by Gasteiger charge is -2.22. The average molecular weight is 328 g/mol. The predicted octanol–water partition coefficient (Wildman–Crippen LogP) is 2.66. The van der Waals surface area contributed by atoms with Crippen molar-refractivity contribution in [1.29, 1.82) is 0 Å². The van der Waals surface area contributed by atoms with Crippen LogP contribution in [0.1, 0.15) is 12.8 Å². The number of hydrogen-bond acceptors (Lipinski definition) is 5. The maximum atomic E-state index is 6.25. The van der Waals surface area contributed by atoms with Gasteiger partial charge in [0.2, 0.25) is 0 Å². The van der Waals surface area contributed by atoms with Crippen LogP contribution in [0.4, 0.5) is 5.69 Å². The number of benzene rings is 1. The zero-order valence-electron chi connectivity index (χ0n) is 11.3. The Hall–Kier alpha value is -1.37. The SMILES string of the molecule is Nc1cc(Cl)c(Cl)c(-c2nnnn2CC2CCCOC2)c1. The van der Waals surface area contributed by atoms with E-state index in [1.165, 1.54) is 0 Å². The zero-order chi connectivity index (χ0) is 14.8. The summed E-state index contributed by atoms with van der Waals surface area (Å²) in [6.07, 6.45) is 2.16. The maximum Gasteiger partial charge on any atom is 0.183 e. The van der Waals surface area contributed by atoms with Gasteiger partial charge in [0.1, 0.15) is 0 Å². The Morgan fingerprint density at radius 2 is 2.24 bits per heavy atom. The molecule has 0 radical (unpaired) electrons. The molecule has 112 valence electrons. The standard InChI is InChI=1S/C13H15Cl2N5O/c14-11-5-9(16)4-10(12(11)15)13-17-18-19-20(13)6-8-2-1-3-21-7-8/h4-5,8H,1-3,6-7,16H2. The topological polar surface area (TPSA) is 78.9 Å². The molecule has 0 saturated carbocycles. The Morgan fingerprint density at radius 3 is 3.00 bits per heavy atom. The summed E-state index contributed by atoms with van der Waals surface area (Å²) < 4.78 is 7.22. The lowest BCUT2D eigenvalue weighted by atomic mass is 10.0. The molecular weight excluding hydrogens is 313 g/mol. The zero-order valence-corrected chi connectivity index (χ0v) is 12.8. The van der Waals surface area contributed by atoms with E-state index in [4.69, 9.17) is 33.7 Å². The number of ether oxygens (including phenoxy) is 1. The fraction of sp³-hybridized carbons (Fsp3) is 0.462. The average Bonchev–Trinajstić information content (AvgIpc) is 2.92. The van der Waals surface area contributed by atoms with E-state index < -0.39 is 0 Å². The Bertz CT molecular complexity index is 639. The minimum Gasteiger partial charge on any atom is -0.399 e. The monoisotopic (exact) mass is 327 g/mol. The fourth-order valence-corrected chi connectivity index (χ4v) is 2.91. The van der Waals surface area contributed by atoms with E-state index in [0.717, 1.165) is 26.1 Å².